The number of esters is 1. The monoisotopic (exact) mass is 474 g/mol. The third-order valence-electron chi connectivity index (χ3n) is 4.11. The van der Waals surface area contributed by atoms with E-state index in [2.05, 4.69) is 14.4 Å². The predicted molar refractivity (Wildman–Crippen MR) is 97.8 cm³/mol. The van der Waals surface area contributed by atoms with Crippen LogP contribution in [0.5, 0.6) is 0 Å². The van der Waals surface area contributed by atoms with Crippen LogP contribution in [0.1, 0.15) is 25.7 Å². The largest absolute Gasteiger partial charge is 0.467 e. The van der Waals surface area contributed by atoms with Gasteiger partial charge in [-0.05, 0) is 0 Å². The molecule has 0 saturated carbocycles. The Morgan fingerprint density at radius 3 is 1.45 bits per heavy atom. The number of nitrogens with zero attached hydrogens (tertiary/aromatic N) is 2. The van der Waals surface area contributed by atoms with Gasteiger partial charge in [-0.25, -0.2) is 14.4 Å². The van der Waals surface area contributed by atoms with Crippen LogP contribution in [0, 0.1) is 0 Å². The van der Waals surface area contributed by atoms with E-state index < -0.39 is 67.5 Å². The molecule has 0 bridgehead atoms. The van der Waals surface area contributed by atoms with Crippen molar-refractivity contribution in [2.75, 3.05) is 40.1 Å². The number of hydrogen-bond donors (Lipinski definition) is 0. The molecule has 182 valence electrons. The van der Waals surface area contributed by atoms with Gasteiger partial charge in [0.1, 0.15) is 25.9 Å². The van der Waals surface area contributed by atoms with Crippen LogP contribution < -0.4 is 0 Å². The molecule has 0 aromatic rings. The van der Waals surface area contributed by atoms with E-state index in [9.17, 15) is 33.6 Å². The third-order valence-corrected chi connectivity index (χ3v) is 4.11. The molecule has 2 saturated heterocycles. The minimum atomic E-state index is -1.02. The first-order valence-electron chi connectivity index (χ1n) is 9.68. The molecule has 0 unspecified atom stereocenters. The molecule has 2 aliphatic rings. The molecule has 2 fully saturated rings. The van der Waals surface area contributed by atoms with Gasteiger partial charge in [0, 0.05) is 25.7 Å². The zero-order valence-corrected chi connectivity index (χ0v) is 17.6. The van der Waals surface area contributed by atoms with Crippen molar-refractivity contribution >= 4 is 41.5 Å². The lowest BCUT2D eigenvalue weighted by atomic mass is 10.4. The van der Waals surface area contributed by atoms with E-state index in [0.717, 1.165) is 7.11 Å². The first-order valence-corrected chi connectivity index (χ1v) is 9.68. The summed E-state index contributed by atoms with van der Waals surface area (Å²) >= 11 is 0. The average molecular weight is 474 g/mol. The summed E-state index contributed by atoms with van der Waals surface area (Å²) in [5.41, 5.74) is 0. The van der Waals surface area contributed by atoms with Gasteiger partial charge in [-0.1, -0.05) is 0 Å². The lowest BCUT2D eigenvalue weighted by molar-refractivity contribution is -0.202. The number of carbonyl (C=O) groups excluding carboxylic acids is 7. The number of amides is 4. The molecular formula is C18H22N2O13. The quantitative estimate of drug-likeness (QED) is 0.207. The smallest absolute Gasteiger partial charge is 0.358 e. The van der Waals surface area contributed by atoms with Gasteiger partial charge in [0.15, 0.2) is 0 Å². The van der Waals surface area contributed by atoms with Gasteiger partial charge in [0.05, 0.1) is 20.3 Å². The van der Waals surface area contributed by atoms with Crippen LogP contribution >= 0.6 is 0 Å². The Kier molecular flexibility index (Phi) is 9.84. The summed E-state index contributed by atoms with van der Waals surface area (Å²) in [5, 5.41) is 0.725. The number of methoxy groups -OCH3 is 1. The molecule has 0 N–H and O–H groups in total. The van der Waals surface area contributed by atoms with Crippen molar-refractivity contribution in [2.45, 2.75) is 31.8 Å². The summed E-state index contributed by atoms with van der Waals surface area (Å²) in [7, 11) is 1.14. The highest BCUT2D eigenvalue weighted by molar-refractivity contribution is 6.02. The van der Waals surface area contributed by atoms with Crippen LogP contribution in [0.2, 0.25) is 0 Å². The van der Waals surface area contributed by atoms with Gasteiger partial charge in [-0.2, -0.15) is 0 Å². The molecule has 4 amide bonds. The van der Waals surface area contributed by atoms with Gasteiger partial charge in [-0.15, -0.1) is 10.1 Å². The minimum absolute atomic E-state index is 0.0593. The Balaban J connectivity index is 1.74. The van der Waals surface area contributed by atoms with E-state index in [4.69, 9.17) is 14.2 Å². The van der Waals surface area contributed by atoms with Crippen molar-refractivity contribution < 1.29 is 62.2 Å². The van der Waals surface area contributed by atoms with Gasteiger partial charge < -0.3 is 28.6 Å². The van der Waals surface area contributed by atoms with Gasteiger partial charge in [-0.3, -0.25) is 19.2 Å². The first kappa shape index (κ1) is 25.8. The molecule has 0 spiro atoms. The molecule has 0 radical (unpaired) electrons. The topological polar surface area (TPSA) is 181 Å². The molecule has 33 heavy (non-hydrogen) atoms. The maximum Gasteiger partial charge on any atom is 0.358 e. The molecular weight excluding hydrogens is 452 g/mol. The summed E-state index contributed by atoms with van der Waals surface area (Å²) in [6.07, 6.45) is -1.20. The number of ether oxygens (including phenoxy) is 4. The Bertz CT molecular complexity index is 723. The summed E-state index contributed by atoms with van der Waals surface area (Å²) < 4.78 is 19.9. The van der Waals surface area contributed by atoms with Crippen molar-refractivity contribution in [3.8, 4) is 0 Å². The highest BCUT2D eigenvalue weighted by Crippen LogP contribution is 2.13. The molecule has 2 heterocycles. The standard InChI is InChI=1S/C18H22N2O13/c1-28-16(25)10-31-11(6-29-8-17(26)32-19-12(21)2-3-13(19)22)7-30-9-18(27)33-20-14(23)4-5-15(20)24/h11H,2-10H2,1H3. The zero-order chi connectivity index (χ0) is 24.4. The van der Waals surface area contributed by atoms with E-state index in [1.54, 1.807) is 0 Å². The average Bonchev–Trinajstić information content (AvgIpc) is 3.26. The second kappa shape index (κ2) is 12.6. The Hall–Kier alpha value is -3.43. The fourth-order valence-corrected chi connectivity index (χ4v) is 2.51. The molecule has 15 nitrogen and oxygen atoms in total. The van der Waals surface area contributed by atoms with E-state index in [1.807, 2.05) is 0 Å². The van der Waals surface area contributed by atoms with Crippen LogP contribution in [-0.4, -0.2) is 97.9 Å². The van der Waals surface area contributed by atoms with Crippen molar-refractivity contribution in [1.82, 2.24) is 10.1 Å². The van der Waals surface area contributed by atoms with E-state index in [-0.39, 0.29) is 38.9 Å². The van der Waals surface area contributed by atoms with Crippen LogP contribution in [0.25, 0.3) is 0 Å². The fraction of sp³-hybridized carbons (Fsp3) is 0.611. The predicted octanol–water partition coefficient (Wildman–Crippen LogP) is -2.21. The van der Waals surface area contributed by atoms with Crippen molar-refractivity contribution in [3.63, 3.8) is 0 Å². The third kappa shape index (κ3) is 8.21. The zero-order valence-electron chi connectivity index (χ0n) is 17.6. The molecule has 2 rings (SSSR count). The molecule has 15 heteroatoms. The van der Waals surface area contributed by atoms with Crippen LogP contribution in [0.3, 0.4) is 0 Å². The Morgan fingerprint density at radius 2 is 1.09 bits per heavy atom. The van der Waals surface area contributed by atoms with Gasteiger partial charge in [0.25, 0.3) is 23.6 Å². The number of hydroxylamine groups is 4. The Labute approximate surface area is 186 Å². The minimum Gasteiger partial charge on any atom is -0.467 e. The van der Waals surface area contributed by atoms with Crippen molar-refractivity contribution in [1.29, 1.82) is 0 Å². The number of rotatable bonds is 13. The first-order chi connectivity index (χ1) is 15.7. The molecule has 0 aromatic carbocycles. The maximum atomic E-state index is 11.7. The summed E-state index contributed by atoms with van der Waals surface area (Å²) in [6, 6.07) is 0. The van der Waals surface area contributed by atoms with Crippen molar-refractivity contribution in [3.05, 3.63) is 0 Å². The van der Waals surface area contributed by atoms with E-state index in [0.29, 0.717) is 10.1 Å². The molecule has 0 aromatic heterocycles. The number of carbonyl (C=O) groups is 7. The SMILES string of the molecule is COC(=O)COC(COCC(=O)ON1C(=O)CCC1=O)COCC(=O)ON1C(=O)CCC1=O. The van der Waals surface area contributed by atoms with Gasteiger partial charge >= 0.3 is 17.9 Å². The van der Waals surface area contributed by atoms with Crippen LogP contribution in [-0.2, 0) is 62.2 Å². The Morgan fingerprint density at radius 1 is 0.697 bits per heavy atom. The fourth-order valence-electron chi connectivity index (χ4n) is 2.51. The molecule has 0 atom stereocenters. The number of hydrogen-bond acceptors (Lipinski definition) is 13. The van der Waals surface area contributed by atoms with Crippen molar-refractivity contribution in [2.24, 2.45) is 0 Å². The lowest BCUT2D eigenvalue weighted by Crippen LogP contribution is -2.35. The second-order valence-electron chi connectivity index (χ2n) is 6.63. The summed E-state index contributed by atoms with van der Waals surface area (Å²) in [5.74, 6) is -5.34. The number of imide groups is 2. The highest BCUT2D eigenvalue weighted by Gasteiger charge is 2.34. The van der Waals surface area contributed by atoms with Crippen LogP contribution in [0.15, 0.2) is 0 Å². The van der Waals surface area contributed by atoms with E-state index in [1.165, 1.54) is 0 Å². The molecule has 2 aliphatic heterocycles. The normalized spacial score (nSPS) is 16.1. The second-order valence-corrected chi connectivity index (χ2v) is 6.63. The highest BCUT2D eigenvalue weighted by atomic mass is 16.7. The lowest BCUT2D eigenvalue weighted by Gasteiger charge is -2.18. The summed E-state index contributed by atoms with van der Waals surface area (Å²) in [4.78, 5) is 89.7. The maximum absolute atomic E-state index is 11.7. The molecule has 0 aliphatic carbocycles. The summed E-state index contributed by atoms with van der Waals surface area (Å²) in [6.45, 7) is -2.43. The van der Waals surface area contributed by atoms with Gasteiger partial charge in [0.2, 0.25) is 0 Å². The van der Waals surface area contributed by atoms with Crippen LogP contribution in [0.4, 0.5) is 0 Å². The van der Waals surface area contributed by atoms with E-state index >= 15 is 0 Å².